The quantitative estimate of drug-likeness (QED) is 0.0902. The molecule has 0 aromatic rings. The van der Waals surface area contributed by atoms with E-state index in [-0.39, 0.29) is 49.5 Å². The summed E-state index contributed by atoms with van der Waals surface area (Å²) in [4.78, 5) is 37.4. The lowest BCUT2D eigenvalue weighted by atomic mass is 9.74. The van der Waals surface area contributed by atoms with Gasteiger partial charge < -0.3 is 53.3 Å². The van der Waals surface area contributed by atoms with Crippen LogP contribution in [0.1, 0.15) is 104 Å². The maximum atomic E-state index is 13.3. The van der Waals surface area contributed by atoms with Gasteiger partial charge in [-0.2, -0.15) is 0 Å². The maximum Gasteiger partial charge on any atom is 0.330 e. The van der Waals surface area contributed by atoms with Crippen LogP contribution >= 0.6 is 0 Å². The van der Waals surface area contributed by atoms with Gasteiger partial charge in [0.05, 0.1) is 43.9 Å². The molecule has 4 bridgehead atoms. The van der Waals surface area contributed by atoms with Crippen LogP contribution in [0.25, 0.3) is 0 Å². The summed E-state index contributed by atoms with van der Waals surface area (Å²) in [5.74, 6) is -3.26. The molecule has 0 saturated carbocycles. The number of esters is 2. The molecule has 2 fully saturated rings. The minimum absolute atomic E-state index is 0.0435. The van der Waals surface area contributed by atoms with Gasteiger partial charge in [0, 0.05) is 56.8 Å². The van der Waals surface area contributed by atoms with Gasteiger partial charge in [0.25, 0.3) is 0 Å². The van der Waals surface area contributed by atoms with Crippen molar-refractivity contribution in [1.82, 2.24) is 0 Å². The molecule has 3 unspecified atom stereocenters. The van der Waals surface area contributed by atoms with E-state index in [1.807, 2.05) is 0 Å². The van der Waals surface area contributed by atoms with Crippen LogP contribution in [-0.2, 0) is 47.5 Å². The molecule has 0 amide bonds. The van der Waals surface area contributed by atoms with E-state index >= 15 is 0 Å². The van der Waals surface area contributed by atoms with E-state index in [2.05, 4.69) is 13.5 Å². The van der Waals surface area contributed by atoms with Gasteiger partial charge in [0.2, 0.25) is 5.79 Å². The Morgan fingerprint density at radius 1 is 1.04 bits per heavy atom. The lowest BCUT2D eigenvalue weighted by molar-refractivity contribution is -0.327. The Balaban J connectivity index is 2.04. The Morgan fingerprint density at radius 2 is 1.76 bits per heavy atom. The van der Waals surface area contributed by atoms with Gasteiger partial charge in [0.1, 0.15) is 12.4 Å². The van der Waals surface area contributed by atoms with E-state index in [0.29, 0.717) is 38.9 Å². The predicted molar refractivity (Wildman–Crippen MR) is 186 cm³/mol. The number of ether oxygens (including phenoxy) is 7. The Labute approximate surface area is 302 Å². The summed E-state index contributed by atoms with van der Waals surface area (Å²) in [6, 6.07) is 0. The highest BCUT2D eigenvalue weighted by Gasteiger charge is 2.57. The van der Waals surface area contributed by atoms with Gasteiger partial charge >= 0.3 is 11.9 Å². The second kappa shape index (κ2) is 21.2. The summed E-state index contributed by atoms with van der Waals surface area (Å²) >= 11 is 0. The molecular weight excluding hydrogens is 664 g/mol. The van der Waals surface area contributed by atoms with Crippen LogP contribution in [0.4, 0.5) is 0 Å². The number of carbonyl (C=O) groups excluding carboxylic acids is 3. The van der Waals surface area contributed by atoms with Crippen LogP contribution in [0.5, 0.6) is 0 Å². The molecule has 3 rings (SSSR count). The highest BCUT2D eigenvalue weighted by Crippen LogP contribution is 2.47. The fraction of sp³-hybridized carbons (Fsp3) is 0.763. The summed E-state index contributed by atoms with van der Waals surface area (Å²) < 4.78 is 41.3. The molecule has 3 N–H and O–H groups in total. The van der Waals surface area contributed by atoms with Crippen LogP contribution in [0.15, 0.2) is 36.1 Å². The Morgan fingerprint density at radius 3 is 2.47 bits per heavy atom. The molecule has 3 aliphatic heterocycles. The first-order chi connectivity index (χ1) is 24.3. The van der Waals surface area contributed by atoms with Crippen LogP contribution < -0.4 is 0 Å². The molecular formula is C38H60O13. The van der Waals surface area contributed by atoms with Crippen LogP contribution in [0.2, 0.25) is 0 Å². The van der Waals surface area contributed by atoms with Crippen molar-refractivity contribution in [2.45, 2.75) is 153 Å². The number of unbranched alkanes of at least 4 members (excludes halogenated alkanes) is 4. The van der Waals surface area contributed by atoms with Crippen LogP contribution in [0.3, 0.4) is 0 Å². The van der Waals surface area contributed by atoms with Crippen LogP contribution in [0, 0.1) is 5.41 Å². The van der Waals surface area contributed by atoms with E-state index in [0.717, 1.165) is 32.0 Å². The van der Waals surface area contributed by atoms with Gasteiger partial charge in [-0.1, -0.05) is 59.1 Å². The number of hydrogen-bond acceptors (Lipinski definition) is 13. The zero-order valence-corrected chi connectivity index (χ0v) is 30.8. The number of hydrogen-bond donors (Lipinski definition) is 3. The molecule has 3 heterocycles. The zero-order valence-electron chi connectivity index (χ0n) is 30.8. The molecule has 0 aromatic heterocycles. The van der Waals surface area contributed by atoms with Crippen molar-refractivity contribution < 1.29 is 62.9 Å². The van der Waals surface area contributed by atoms with Crippen molar-refractivity contribution in [3.05, 3.63) is 36.1 Å². The predicted octanol–water partition coefficient (Wildman–Crippen LogP) is 4.35. The van der Waals surface area contributed by atoms with Crippen molar-refractivity contribution in [2.24, 2.45) is 5.41 Å². The topological polar surface area (TPSA) is 177 Å². The average molecular weight is 725 g/mol. The highest BCUT2D eigenvalue weighted by atomic mass is 16.7. The molecule has 0 radical (unpaired) electrons. The van der Waals surface area contributed by atoms with Crippen molar-refractivity contribution in [1.29, 1.82) is 0 Å². The Hall–Kier alpha value is -2.65. The number of carbonyl (C=O) groups is 3. The lowest BCUT2D eigenvalue weighted by Crippen LogP contribution is -2.62. The molecule has 0 aromatic carbocycles. The van der Waals surface area contributed by atoms with E-state index < -0.39 is 66.6 Å². The third-order valence-corrected chi connectivity index (χ3v) is 9.58. The molecule has 0 spiro atoms. The monoisotopic (exact) mass is 724 g/mol. The standard InChI is InChI=1S/C38H60O13/c1-6-7-8-9-10-11-33(42)50-36-27(22-34(43)45-5)21-31-24-32(25-40)47-26(2)20-28(41)14-18-46-19-15-30-23-29(13-17-39)48-35(49-30)12-16-37(3,4)38(36,44)51-31/h12,16-17,22,28-32,35-36,40-41,44H,2,6-11,13-15,18-21,23-25H2,1,3-5H3/b16-12+,27-22+/t28-,29+,30?,31?,32-,35+,36+,38?/m1/s1. The fourth-order valence-corrected chi connectivity index (χ4v) is 6.59. The summed E-state index contributed by atoms with van der Waals surface area (Å²) in [7, 11) is 1.22. The molecule has 8 atom stereocenters. The zero-order chi connectivity index (χ0) is 37.4. The number of aliphatic hydroxyl groups is 3. The summed E-state index contributed by atoms with van der Waals surface area (Å²) in [5.41, 5.74) is -1.05. The van der Waals surface area contributed by atoms with E-state index in [1.165, 1.54) is 13.2 Å². The Kier molecular flexibility index (Phi) is 17.7. The van der Waals surface area contributed by atoms with E-state index in [1.54, 1.807) is 26.0 Å². The first kappa shape index (κ1) is 42.8. The first-order valence-corrected chi connectivity index (χ1v) is 18.4. The smallest absolute Gasteiger partial charge is 0.330 e. The molecule has 3 aliphatic rings. The van der Waals surface area contributed by atoms with Gasteiger partial charge in [-0.3, -0.25) is 4.79 Å². The third kappa shape index (κ3) is 13.4. The minimum Gasteiger partial charge on any atom is -0.493 e. The third-order valence-electron chi connectivity index (χ3n) is 9.58. The second-order valence-corrected chi connectivity index (χ2v) is 14.3. The van der Waals surface area contributed by atoms with Gasteiger partial charge in [0.15, 0.2) is 12.4 Å². The number of rotatable bonds is 11. The minimum atomic E-state index is -2.25. The average Bonchev–Trinajstić information content (AvgIpc) is 3.08. The van der Waals surface area contributed by atoms with Crippen molar-refractivity contribution in [3.63, 3.8) is 0 Å². The Bertz CT molecular complexity index is 1180. The number of fused-ring (bicyclic) bond motifs is 4. The molecule has 51 heavy (non-hydrogen) atoms. The fourth-order valence-electron chi connectivity index (χ4n) is 6.59. The van der Waals surface area contributed by atoms with Crippen molar-refractivity contribution >= 4 is 18.2 Å². The van der Waals surface area contributed by atoms with Gasteiger partial charge in [-0.25, -0.2) is 4.79 Å². The van der Waals surface area contributed by atoms with Crippen molar-refractivity contribution in [3.8, 4) is 0 Å². The van der Waals surface area contributed by atoms with Crippen LogP contribution in [-0.4, -0.2) is 109 Å². The first-order valence-electron chi connectivity index (χ1n) is 18.4. The summed E-state index contributed by atoms with van der Waals surface area (Å²) in [6.07, 6.45) is 6.19. The van der Waals surface area contributed by atoms with E-state index in [9.17, 15) is 29.7 Å². The maximum absolute atomic E-state index is 13.3. The van der Waals surface area contributed by atoms with E-state index in [4.69, 9.17) is 33.2 Å². The normalized spacial score (nSPS) is 33.7. The number of aliphatic hydroxyl groups excluding tert-OH is 2. The molecule has 13 heteroatoms. The summed E-state index contributed by atoms with van der Waals surface area (Å²) in [5, 5.41) is 33.5. The largest absolute Gasteiger partial charge is 0.493 e. The molecule has 2 saturated heterocycles. The SMILES string of the molecule is C=C1C[C@H](O)CCOCCC2C[C@H](CC=O)O[C@H](/C=C/C(C)(C)C3(O)OC(C/C(=C\C(=O)OC)[C@@H]3OC(=O)CCCCCCC)C[C@H](CO)O1)O2. The number of aldehydes is 1. The molecule has 0 aliphatic carbocycles. The van der Waals surface area contributed by atoms with Gasteiger partial charge in [-0.05, 0) is 37.3 Å². The lowest BCUT2D eigenvalue weighted by Gasteiger charge is -2.51. The second-order valence-electron chi connectivity index (χ2n) is 14.3. The van der Waals surface area contributed by atoms with Crippen molar-refractivity contribution in [2.75, 3.05) is 26.9 Å². The van der Waals surface area contributed by atoms with Gasteiger partial charge in [-0.15, -0.1) is 0 Å². The molecule has 13 nitrogen and oxygen atoms in total. The highest BCUT2D eigenvalue weighted by molar-refractivity contribution is 5.83. The summed E-state index contributed by atoms with van der Waals surface area (Å²) in [6.45, 7) is 9.64. The molecule has 290 valence electrons. The number of methoxy groups -OCH3 is 1.